The zero-order valence-corrected chi connectivity index (χ0v) is 8.71. The van der Waals surface area contributed by atoms with Gasteiger partial charge in [0.2, 0.25) is 0 Å². The molecule has 15 heavy (non-hydrogen) atoms. The lowest BCUT2D eigenvalue weighted by Crippen LogP contribution is -2.29. The molecule has 3 rings (SSSR count). The van der Waals surface area contributed by atoms with Crippen LogP contribution in [0.5, 0.6) is 0 Å². The van der Waals surface area contributed by atoms with Crippen molar-refractivity contribution in [2.24, 2.45) is 5.92 Å². The van der Waals surface area contributed by atoms with Gasteiger partial charge in [0.1, 0.15) is 0 Å². The van der Waals surface area contributed by atoms with Gasteiger partial charge < -0.3 is 10.0 Å². The number of nitrogens with zero attached hydrogens (tertiary/aromatic N) is 2. The van der Waals surface area contributed by atoms with Crippen molar-refractivity contribution in [2.75, 3.05) is 11.4 Å². The molecule has 1 N–H and O–H groups in total. The van der Waals surface area contributed by atoms with E-state index in [1.165, 1.54) is 5.69 Å². The van der Waals surface area contributed by atoms with Crippen molar-refractivity contribution < 1.29 is 5.11 Å². The second-order valence-electron chi connectivity index (χ2n) is 4.65. The van der Waals surface area contributed by atoms with Crippen molar-refractivity contribution in [1.29, 1.82) is 0 Å². The average Bonchev–Trinajstić information content (AvgIpc) is 2.65. The van der Waals surface area contributed by atoms with Gasteiger partial charge in [-0.25, -0.2) is 0 Å². The van der Waals surface area contributed by atoms with Gasteiger partial charge in [0.15, 0.2) is 0 Å². The number of aromatic nitrogens is 1. The van der Waals surface area contributed by atoms with E-state index < -0.39 is 0 Å². The normalized spacial score (nSPS) is 34.5. The fourth-order valence-electron chi connectivity index (χ4n) is 2.96. The molecule has 2 fully saturated rings. The van der Waals surface area contributed by atoms with Crippen LogP contribution in [0.4, 0.5) is 5.69 Å². The zero-order chi connectivity index (χ0) is 10.3. The van der Waals surface area contributed by atoms with Gasteiger partial charge in [-0.3, -0.25) is 4.98 Å². The molecule has 0 aromatic carbocycles. The van der Waals surface area contributed by atoms with Crippen LogP contribution in [0.25, 0.3) is 0 Å². The highest BCUT2D eigenvalue weighted by Crippen LogP contribution is 2.38. The molecule has 0 radical (unpaired) electrons. The van der Waals surface area contributed by atoms with E-state index >= 15 is 0 Å². The first kappa shape index (κ1) is 9.16. The third-order valence-electron chi connectivity index (χ3n) is 3.78. The Bertz CT molecular complexity index is 341. The molecule has 1 aliphatic heterocycles. The topological polar surface area (TPSA) is 36.4 Å². The van der Waals surface area contributed by atoms with E-state index in [0.29, 0.717) is 12.0 Å². The maximum Gasteiger partial charge on any atom is 0.0586 e. The fraction of sp³-hybridized carbons (Fsp3) is 0.583. The van der Waals surface area contributed by atoms with Gasteiger partial charge in [-0.15, -0.1) is 0 Å². The Morgan fingerprint density at radius 2 is 2.07 bits per heavy atom. The van der Waals surface area contributed by atoms with Gasteiger partial charge in [0, 0.05) is 36.6 Å². The molecule has 2 aliphatic rings. The molecule has 0 amide bonds. The molecular formula is C12H16N2O. The Morgan fingerprint density at radius 3 is 2.80 bits per heavy atom. The number of pyridine rings is 1. The summed E-state index contributed by atoms with van der Waals surface area (Å²) >= 11 is 0. The smallest absolute Gasteiger partial charge is 0.0586 e. The molecule has 1 saturated carbocycles. The van der Waals surface area contributed by atoms with Gasteiger partial charge >= 0.3 is 0 Å². The number of hydrogen-bond donors (Lipinski definition) is 1. The summed E-state index contributed by atoms with van der Waals surface area (Å²) in [5, 5.41) is 9.82. The van der Waals surface area contributed by atoms with E-state index in [1.807, 2.05) is 12.4 Å². The van der Waals surface area contributed by atoms with Crippen molar-refractivity contribution in [2.45, 2.75) is 31.4 Å². The van der Waals surface area contributed by atoms with Gasteiger partial charge in [0.05, 0.1) is 6.10 Å². The van der Waals surface area contributed by atoms with E-state index in [-0.39, 0.29) is 6.10 Å². The molecule has 80 valence electrons. The summed E-state index contributed by atoms with van der Waals surface area (Å²) in [5.74, 6) is 0.483. The minimum absolute atomic E-state index is 0.0758. The molecule has 0 spiro atoms. The molecule has 1 aromatic heterocycles. The second kappa shape index (κ2) is 3.49. The second-order valence-corrected chi connectivity index (χ2v) is 4.65. The summed E-state index contributed by atoms with van der Waals surface area (Å²) in [4.78, 5) is 6.47. The summed E-state index contributed by atoms with van der Waals surface area (Å²) in [6.07, 6.45) is 6.86. The van der Waals surface area contributed by atoms with Crippen LogP contribution in [0.2, 0.25) is 0 Å². The number of rotatable bonds is 1. The highest BCUT2D eigenvalue weighted by atomic mass is 16.3. The highest BCUT2D eigenvalue weighted by Gasteiger charge is 2.39. The SMILES string of the molecule is OC1CCC2CC1CN2c1ccncc1. The van der Waals surface area contributed by atoms with Crippen molar-refractivity contribution in [3.05, 3.63) is 24.5 Å². The quantitative estimate of drug-likeness (QED) is 0.751. The van der Waals surface area contributed by atoms with E-state index in [1.54, 1.807) is 0 Å². The number of aliphatic hydroxyl groups excluding tert-OH is 1. The monoisotopic (exact) mass is 204 g/mol. The lowest BCUT2D eigenvalue weighted by atomic mass is 9.88. The molecule has 3 unspecified atom stereocenters. The van der Waals surface area contributed by atoms with Crippen LogP contribution in [0, 0.1) is 5.92 Å². The maximum absolute atomic E-state index is 9.82. The van der Waals surface area contributed by atoms with Crippen molar-refractivity contribution in [3.63, 3.8) is 0 Å². The largest absolute Gasteiger partial charge is 0.393 e. The zero-order valence-electron chi connectivity index (χ0n) is 8.71. The Hall–Kier alpha value is -1.09. The minimum Gasteiger partial charge on any atom is -0.393 e. The van der Waals surface area contributed by atoms with Gasteiger partial charge in [0.25, 0.3) is 0 Å². The first-order valence-corrected chi connectivity index (χ1v) is 5.69. The molecule has 2 bridgehead atoms. The Kier molecular flexibility index (Phi) is 2.13. The Morgan fingerprint density at radius 1 is 1.27 bits per heavy atom. The molecule has 3 heteroatoms. The Labute approximate surface area is 89.7 Å². The number of hydrogen-bond acceptors (Lipinski definition) is 3. The van der Waals surface area contributed by atoms with E-state index in [4.69, 9.17) is 0 Å². The lowest BCUT2D eigenvalue weighted by molar-refractivity contribution is 0.0896. The molecular weight excluding hydrogens is 188 g/mol. The van der Waals surface area contributed by atoms with Crippen LogP contribution in [-0.4, -0.2) is 28.8 Å². The van der Waals surface area contributed by atoms with Crippen LogP contribution in [0.3, 0.4) is 0 Å². The minimum atomic E-state index is -0.0758. The van der Waals surface area contributed by atoms with Crippen molar-refractivity contribution in [3.8, 4) is 0 Å². The van der Waals surface area contributed by atoms with Crippen molar-refractivity contribution in [1.82, 2.24) is 4.98 Å². The number of anilines is 1. The van der Waals surface area contributed by atoms with E-state index in [2.05, 4.69) is 22.0 Å². The molecule has 2 heterocycles. The first-order valence-electron chi connectivity index (χ1n) is 5.69. The van der Waals surface area contributed by atoms with Crippen LogP contribution < -0.4 is 4.90 Å². The van der Waals surface area contributed by atoms with E-state index in [0.717, 1.165) is 25.8 Å². The van der Waals surface area contributed by atoms with Crippen molar-refractivity contribution >= 4 is 5.69 Å². The Balaban J connectivity index is 1.85. The van der Waals surface area contributed by atoms with Gasteiger partial charge in [-0.05, 0) is 31.4 Å². The molecule has 1 saturated heterocycles. The van der Waals surface area contributed by atoms with Crippen LogP contribution >= 0.6 is 0 Å². The predicted molar refractivity (Wildman–Crippen MR) is 58.7 cm³/mol. The van der Waals surface area contributed by atoms with Crippen LogP contribution in [0.15, 0.2) is 24.5 Å². The van der Waals surface area contributed by atoms with E-state index in [9.17, 15) is 5.11 Å². The summed E-state index contributed by atoms with van der Waals surface area (Å²) in [6.45, 7) is 1.01. The van der Waals surface area contributed by atoms with Gasteiger partial charge in [-0.1, -0.05) is 0 Å². The van der Waals surface area contributed by atoms with Crippen LogP contribution in [0.1, 0.15) is 19.3 Å². The molecule has 3 nitrogen and oxygen atoms in total. The average molecular weight is 204 g/mol. The molecule has 1 aliphatic carbocycles. The summed E-state index contributed by atoms with van der Waals surface area (Å²) in [6, 6.07) is 4.76. The maximum atomic E-state index is 9.82. The predicted octanol–water partition coefficient (Wildman–Crippen LogP) is 1.43. The first-order chi connectivity index (χ1) is 7.34. The standard InChI is InChI=1S/C12H16N2O/c15-12-2-1-11-7-9(12)8-14(11)10-3-5-13-6-4-10/h3-6,9,11-12,15H,1-2,7-8H2. The number of aliphatic hydroxyl groups is 1. The summed E-state index contributed by atoms with van der Waals surface area (Å²) < 4.78 is 0. The van der Waals surface area contributed by atoms with Gasteiger partial charge in [-0.2, -0.15) is 0 Å². The third kappa shape index (κ3) is 1.51. The molecule has 1 aromatic rings. The molecule has 3 atom stereocenters. The van der Waals surface area contributed by atoms with Crippen LogP contribution in [-0.2, 0) is 0 Å². The highest BCUT2D eigenvalue weighted by molar-refractivity contribution is 5.47. The fourth-order valence-corrected chi connectivity index (χ4v) is 2.96. The number of fused-ring (bicyclic) bond motifs is 2. The lowest BCUT2D eigenvalue weighted by Gasteiger charge is -2.27. The summed E-state index contributed by atoms with van der Waals surface area (Å²) in [5.41, 5.74) is 1.26. The third-order valence-corrected chi connectivity index (χ3v) is 3.78. The summed E-state index contributed by atoms with van der Waals surface area (Å²) in [7, 11) is 0.